The van der Waals surface area contributed by atoms with Crippen LogP contribution < -0.4 is 10.2 Å². The Labute approximate surface area is 126 Å². The molecule has 1 fully saturated rings. The van der Waals surface area contributed by atoms with Gasteiger partial charge in [-0.3, -0.25) is 0 Å². The Hall–Kier alpha value is -1.84. The minimum Gasteiger partial charge on any atom is -0.369 e. The summed E-state index contributed by atoms with van der Waals surface area (Å²) in [4.78, 5) is 11.9. The molecular formula is C17H24N4. The van der Waals surface area contributed by atoms with Gasteiger partial charge < -0.3 is 10.2 Å². The molecule has 0 aliphatic carbocycles. The lowest BCUT2D eigenvalue weighted by Crippen LogP contribution is -2.35. The van der Waals surface area contributed by atoms with Crippen molar-refractivity contribution in [3.63, 3.8) is 0 Å². The largest absolute Gasteiger partial charge is 0.369 e. The molecule has 1 aromatic carbocycles. The summed E-state index contributed by atoms with van der Waals surface area (Å²) < 4.78 is 0. The zero-order valence-electron chi connectivity index (χ0n) is 13.0. The van der Waals surface area contributed by atoms with E-state index in [1.54, 1.807) is 0 Å². The number of hydrogen-bond acceptors (Lipinski definition) is 4. The molecule has 1 aliphatic heterocycles. The molecule has 0 radical (unpaired) electrons. The molecule has 1 unspecified atom stereocenters. The van der Waals surface area contributed by atoms with Crippen molar-refractivity contribution < 1.29 is 0 Å². The van der Waals surface area contributed by atoms with Gasteiger partial charge in [-0.2, -0.15) is 4.98 Å². The van der Waals surface area contributed by atoms with Crippen LogP contribution in [0.25, 0.3) is 10.9 Å². The van der Waals surface area contributed by atoms with Crippen LogP contribution in [0.1, 0.15) is 33.1 Å². The van der Waals surface area contributed by atoms with Crippen LogP contribution in [0.2, 0.25) is 0 Å². The molecule has 0 amide bonds. The van der Waals surface area contributed by atoms with Gasteiger partial charge in [0.15, 0.2) is 0 Å². The van der Waals surface area contributed by atoms with Crippen LogP contribution in [0.3, 0.4) is 0 Å². The Balaban J connectivity index is 1.98. The summed E-state index contributed by atoms with van der Waals surface area (Å²) in [6.07, 6.45) is 3.63. The summed E-state index contributed by atoms with van der Waals surface area (Å²) in [6, 6.07) is 8.26. The highest BCUT2D eigenvalue weighted by atomic mass is 15.3. The zero-order valence-corrected chi connectivity index (χ0v) is 13.0. The average molecular weight is 284 g/mol. The third kappa shape index (κ3) is 3.09. The highest BCUT2D eigenvalue weighted by Gasteiger charge is 2.20. The van der Waals surface area contributed by atoms with Gasteiger partial charge in [0.05, 0.1) is 5.52 Å². The molecule has 1 aliphatic rings. The third-order valence-electron chi connectivity index (χ3n) is 4.07. The van der Waals surface area contributed by atoms with Gasteiger partial charge in [0.25, 0.3) is 0 Å². The van der Waals surface area contributed by atoms with Crippen LogP contribution in [0.15, 0.2) is 24.3 Å². The molecule has 112 valence electrons. The minimum atomic E-state index is 0.723. The van der Waals surface area contributed by atoms with Crippen molar-refractivity contribution in [2.24, 2.45) is 5.92 Å². The van der Waals surface area contributed by atoms with Gasteiger partial charge >= 0.3 is 0 Å². The number of nitrogens with one attached hydrogen (secondary N) is 1. The molecule has 0 bridgehead atoms. The summed E-state index contributed by atoms with van der Waals surface area (Å²) in [5.41, 5.74) is 1.03. The zero-order chi connectivity index (χ0) is 14.7. The van der Waals surface area contributed by atoms with E-state index in [0.29, 0.717) is 0 Å². The topological polar surface area (TPSA) is 41.1 Å². The van der Waals surface area contributed by atoms with Gasteiger partial charge in [-0.1, -0.05) is 26.0 Å². The van der Waals surface area contributed by atoms with E-state index in [1.807, 2.05) is 12.1 Å². The molecule has 3 rings (SSSR count). The second kappa shape index (κ2) is 6.29. The quantitative estimate of drug-likeness (QED) is 0.929. The number of rotatable bonds is 4. The molecule has 4 nitrogen and oxygen atoms in total. The normalized spacial score (nSPS) is 19.0. The van der Waals surface area contributed by atoms with Gasteiger partial charge in [-0.15, -0.1) is 0 Å². The molecule has 2 aromatic rings. The maximum Gasteiger partial charge on any atom is 0.227 e. The third-order valence-corrected chi connectivity index (χ3v) is 4.07. The van der Waals surface area contributed by atoms with Crippen LogP contribution in [0.5, 0.6) is 0 Å². The van der Waals surface area contributed by atoms with Crippen molar-refractivity contribution in [3.05, 3.63) is 24.3 Å². The summed E-state index contributed by atoms with van der Waals surface area (Å²) in [5.74, 6) is 2.57. The molecule has 1 aromatic heterocycles. The maximum absolute atomic E-state index is 4.80. The fourth-order valence-corrected chi connectivity index (χ4v) is 2.95. The maximum atomic E-state index is 4.80. The number of nitrogens with zero attached hydrogens (tertiary/aromatic N) is 3. The number of benzene rings is 1. The van der Waals surface area contributed by atoms with Crippen LogP contribution in [-0.2, 0) is 0 Å². The van der Waals surface area contributed by atoms with Crippen LogP contribution in [0, 0.1) is 5.92 Å². The van der Waals surface area contributed by atoms with Crippen molar-refractivity contribution >= 4 is 22.7 Å². The van der Waals surface area contributed by atoms with E-state index in [1.165, 1.54) is 12.8 Å². The second-order valence-electron chi connectivity index (χ2n) is 6.01. The van der Waals surface area contributed by atoms with Gasteiger partial charge in [-0.05, 0) is 37.3 Å². The van der Waals surface area contributed by atoms with Crippen LogP contribution in [-0.4, -0.2) is 29.6 Å². The predicted molar refractivity (Wildman–Crippen MR) is 88.9 cm³/mol. The molecule has 1 N–H and O–H groups in total. The number of fused-ring (bicyclic) bond motifs is 1. The molecule has 1 saturated heterocycles. The molecule has 2 heterocycles. The van der Waals surface area contributed by atoms with E-state index in [9.17, 15) is 0 Å². The van der Waals surface area contributed by atoms with Crippen molar-refractivity contribution in [1.29, 1.82) is 0 Å². The van der Waals surface area contributed by atoms with Crippen LogP contribution in [0.4, 0.5) is 11.8 Å². The van der Waals surface area contributed by atoms with Crippen molar-refractivity contribution in [2.45, 2.75) is 33.1 Å². The molecule has 21 heavy (non-hydrogen) atoms. The van der Waals surface area contributed by atoms with Gasteiger partial charge in [0.2, 0.25) is 5.95 Å². The molecular weight excluding hydrogens is 260 g/mol. The number of para-hydroxylation sites is 1. The minimum absolute atomic E-state index is 0.723. The molecule has 0 spiro atoms. The molecule has 4 heteroatoms. The number of aromatic nitrogens is 2. The van der Waals surface area contributed by atoms with Gasteiger partial charge in [-0.25, -0.2) is 4.98 Å². The van der Waals surface area contributed by atoms with E-state index >= 15 is 0 Å². The highest BCUT2D eigenvalue weighted by Crippen LogP contribution is 2.26. The first kappa shape index (κ1) is 14.1. The van der Waals surface area contributed by atoms with E-state index in [0.717, 1.165) is 54.6 Å². The fraction of sp³-hybridized carbons (Fsp3) is 0.529. The van der Waals surface area contributed by atoms with Crippen LogP contribution >= 0.6 is 0 Å². The van der Waals surface area contributed by atoms with E-state index < -0.39 is 0 Å². The van der Waals surface area contributed by atoms with Crippen molar-refractivity contribution in [3.8, 4) is 0 Å². The summed E-state index contributed by atoms with van der Waals surface area (Å²) >= 11 is 0. The van der Waals surface area contributed by atoms with E-state index in [4.69, 9.17) is 9.97 Å². The fourth-order valence-electron chi connectivity index (χ4n) is 2.95. The Morgan fingerprint density at radius 3 is 2.95 bits per heavy atom. The lowest BCUT2D eigenvalue weighted by molar-refractivity contribution is 0.442. The first-order valence-electron chi connectivity index (χ1n) is 8.03. The highest BCUT2D eigenvalue weighted by molar-refractivity contribution is 5.90. The average Bonchev–Trinajstić information content (AvgIpc) is 2.52. The molecule has 1 atom stereocenters. The summed E-state index contributed by atoms with van der Waals surface area (Å²) in [5, 5.41) is 4.56. The second-order valence-corrected chi connectivity index (χ2v) is 6.01. The Bertz CT molecular complexity index is 611. The SMILES string of the molecule is CCCNc1nc(N2CCCC(C)C2)nc2ccccc12. The first-order valence-corrected chi connectivity index (χ1v) is 8.03. The lowest BCUT2D eigenvalue weighted by atomic mass is 10.0. The predicted octanol–water partition coefficient (Wildman–Crippen LogP) is 3.69. The Kier molecular flexibility index (Phi) is 4.23. The Morgan fingerprint density at radius 2 is 2.14 bits per heavy atom. The van der Waals surface area contributed by atoms with Gasteiger partial charge in [0.1, 0.15) is 5.82 Å². The van der Waals surface area contributed by atoms with E-state index in [-0.39, 0.29) is 0 Å². The van der Waals surface area contributed by atoms with Crippen molar-refractivity contribution in [1.82, 2.24) is 9.97 Å². The smallest absolute Gasteiger partial charge is 0.227 e. The standard InChI is InChI=1S/C17H24N4/c1-3-10-18-16-14-8-4-5-9-15(14)19-17(20-16)21-11-6-7-13(2)12-21/h4-5,8-9,13H,3,6-7,10-12H2,1-2H3,(H,18,19,20). The van der Waals surface area contributed by atoms with Crippen molar-refractivity contribution in [2.75, 3.05) is 29.9 Å². The summed E-state index contributed by atoms with van der Waals surface area (Å²) in [7, 11) is 0. The monoisotopic (exact) mass is 284 g/mol. The van der Waals surface area contributed by atoms with Gasteiger partial charge in [0, 0.05) is 25.0 Å². The summed E-state index contributed by atoms with van der Waals surface area (Å²) in [6.45, 7) is 7.55. The Morgan fingerprint density at radius 1 is 1.29 bits per heavy atom. The molecule has 0 saturated carbocycles. The van der Waals surface area contributed by atoms with E-state index in [2.05, 4.69) is 36.2 Å². The number of piperidine rings is 1. The number of anilines is 2. The lowest BCUT2D eigenvalue weighted by Gasteiger charge is -2.31. The number of hydrogen-bond donors (Lipinski definition) is 1. The first-order chi connectivity index (χ1) is 10.3.